The fourth-order valence-corrected chi connectivity index (χ4v) is 6.03. The van der Waals surface area contributed by atoms with E-state index in [2.05, 4.69) is 46.2 Å². The van der Waals surface area contributed by atoms with Crippen LogP contribution in [0, 0.1) is 5.82 Å². The maximum Gasteiger partial charge on any atom is 0.259 e. The molecule has 1 fully saturated rings. The van der Waals surface area contributed by atoms with Crippen molar-refractivity contribution >= 4 is 21.8 Å². The Kier molecular flexibility index (Phi) is 6.30. The van der Waals surface area contributed by atoms with Crippen molar-refractivity contribution in [1.82, 2.24) is 19.4 Å². The average molecular weight is 560 g/mol. The standard InChI is InChI=1S/C35H31FN4O2/c1-39-17-14-24(15-18-39)22-6-8-23(9-7-22)25-10-12-28-26(20-25)16-19-40(35(28)42)33(29-21-27(36)11-13-32(29)41)34-37-30-4-2-3-5-31(30)38-34/h2-13,16,19-21,24,33,41H,14-15,17-18H2,1H3,(H,37,38)/t33-/m1/s1/i33D. The molecular weight excluding hydrogens is 527 g/mol. The summed E-state index contributed by atoms with van der Waals surface area (Å²) in [5.74, 6) is -0.295. The lowest BCUT2D eigenvalue weighted by molar-refractivity contribution is 0.255. The van der Waals surface area contributed by atoms with E-state index >= 15 is 0 Å². The van der Waals surface area contributed by atoms with E-state index in [1.54, 1.807) is 18.2 Å². The number of fused-ring (bicyclic) bond motifs is 2. The molecule has 0 aliphatic carbocycles. The molecule has 7 heteroatoms. The fraction of sp³-hybridized carbons (Fsp3) is 0.200. The Morgan fingerprint density at radius 1 is 0.976 bits per heavy atom. The number of rotatable bonds is 5. The summed E-state index contributed by atoms with van der Waals surface area (Å²) in [7, 11) is 2.17. The molecule has 0 unspecified atom stereocenters. The van der Waals surface area contributed by atoms with E-state index in [-0.39, 0.29) is 17.1 Å². The van der Waals surface area contributed by atoms with Crippen LogP contribution in [-0.4, -0.2) is 44.7 Å². The van der Waals surface area contributed by atoms with Crippen molar-refractivity contribution < 1.29 is 10.9 Å². The number of phenols is 1. The lowest BCUT2D eigenvalue weighted by Crippen LogP contribution is -2.29. The number of aromatic amines is 1. The van der Waals surface area contributed by atoms with Crippen LogP contribution in [0.25, 0.3) is 32.9 Å². The molecule has 1 aliphatic rings. The maximum absolute atomic E-state index is 14.5. The minimum Gasteiger partial charge on any atom is -0.508 e. The number of hydrogen-bond donors (Lipinski definition) is 2. The second kappa shape index (κ2) is 10.6. The number of para-hydroxylation sites is 2. The smallest absolute Gasteiger partial charge is 0.259 e. The van der Waals surface area contributed by atoms with Crippen LogP contribution in [0.5, 0.6) is 5.75 Å². The number of pyridine rings is 1. The van der Waals surface area contributed by atoms with E-state index < -0.39 is 17.4 Å². The number of piperidine rings is 1. The van der Waals surface area contributed by atoms with E-state index in [4.69, 9.17) is 0 Å². The second-order valence-electron chi connectivity index (χ2n) is 11.1. The van der Waals surface area contributed by atoms with E-state index in [1.165, 1.54) is 22.4 Å². The van der Waals surface area contributed by atoms with Gasteiger partial charge in [0.2, 0.25) is 0 Å². The first-order valence-corrected chi connectivity index (χ1v) is 14.2. The molecule has 6 nitrogen and oxygen atoms in total. The highest BCUT2D eigenvalue weighted by Gasteiger charge is 2.25. The topological polar surface area (TPSA) is 74.2 Å². The fourth-order valence-electron chi connectivity index (χ4n) is 6.03. The molecule has 210 valence electrons. The Hall–Kier alpha value is -4.75. The van der Waals surface area contributed by atoms with Gasteiger partial charge in [0, 0.05) is 17.1 Å². The van der Waals surface area contributed by atoms with Gasteiger partial charge in [-0.15, -0.1) is 0 Å². The van der Waals surface area contributed by atoms with Crippen LogP contribution in [0.4, 0.5) is 4.39 Å². The molecule has 0 radical (unpaired) electrons. The van der Waals surface area contributed by atoms with Gasteiger partial charge in [0.25, 0.3) is 5.56 Å². The van der Waals surface area contributed by atoms with Crippen LogP contribution in [0.15, 0.2) is 102 Å². The quantitative estimate of drug-likeness (QED) is 0.243. The minimum atomic E-state index is -2.08. The number of halogens is 1. The zero-order valence-electron chi connectivity index (χ0n) is 24.2. The first kappa shape index (κ1) is 25.0. The van der Waals surface area contributed by atoms with Crippen LogP contribution in [0.1, 0.15) is 43.1 Å². The van der Waals surface area contributed by atoms with Crippen molar-refractivity contribution in [2.24, 2.45) is 0 Å². The van der Waals surface area contributed by atoms with Gasteiger partial charge in [0.1, 0.15) is 23.4 Å². The molecule has 1 aliphatic heterocycles. The molecule has 2 N–H and O–H groups in total. The number of nitrogens with one attached hydrogen (secondary N) is 1. The Morgan fingerprint density at radius 2 is 1.74 bits per heavy atom. The van der Waals surface area contributed by atoms with Crippen molar-refractivity contribution in [3.05, 3.63) is 130 Å². The highest BCUT2D eigenvalue weighted by molar-refractivity contribution is 5.86. The summed E-state index contributed by atoms with van der Waals surface area (Å²) in [6.07, 6.45) is 3.84. The predicted molar refractivity (Wildman–Crippen MR) is 165 cm³/mol. The molecule has 3 heterocycles. The van der Waals surface area contributed by atoms with Crippen LogP contribution >= 0.6 is 0 Å². The number of aromatic hydroxyl groups is 1. The Labute approximate surface area is 244 Å². The first-order valence-electron chi connectivity index (χ1n) is 14.7. The number of hydrogen-bond acceptors (Lipinski definition) is 4. The van der Waals surface area contributed by atoms with Crippen LogP contribution in [-0.2, 0) is 0 Å². The molecule has 4 aromatic carbocycles. The number of benzene rings is 4. The monoisotopic (exact) mass is 559 g/mol. The summed E-state index contributed by atoms with van der Waals surface area (Å²) in [6.45, 7) is 2.23. The average Bonchev–Trinajstić information content (AvgIpc) is 3.48. The molecule has 42 heavy (non-hydrogen) atoms. The normalized spacial score (nSPS) is 16.5. The summed E-state index contributed by atoms with van der Waals surface area (Å²) in [5.41, 5.74) is 4.09. The summed E-state index contributed by atoms with van der Waals surface area (Å²) in [4.78, 5) is 24.1. The molecule has 1 atom stereocenters. The van der Waals surface area contributed by atoms with E-state index in [9.17, 15) is 15.7 Å². The van der Waals surface area contributed by atoms with Crippen molar-refractivity contribution in [3.63, 3.8) is 0 Å². The predicted octanol–water partition coefficient (Wildman–Crippen LogP) is 6.84. The number of phenolic OH excluding ortho intramolecular Hbond substituents is 1. The highest BCUT2D eigenvalue weighted by Crippen LogP contribution is 2.34. The van der Waals surface area contributed by atoms with E-state index in [1.807, 2.05) is 30.3 Å². The largest absolute Gasteiger partial charge is 0.508 e. The third-order valence-electron chi connectivity index (χ3n) is 8.41. The van der Waals surface area contributed by atoms with Gasteiger partial charge in [-0.3, -0.25) is 4.79 Å². The van der Waals surface area contributed by atoms with E-state index in [0.717, 1.165) is 49.2 Å². The van der Waals surface area contributed by atoms with Crippen LogP contribution in [0.2, 0.25) is 0 Å². The number of aromatic nitrogens is 3. The minimum absolute atomic E-state index is 0.0809. The van der Waals surface area contributed by atoms with Gasteiger partial charge >= 0.3 is 0 Å². The number of H-pyrrole nitrogens is 1. The number of nitrogens with zero attached hydrogens (tertiary/aromatic N) is 3. The lowest BCUT2D eigenvalue weighted by atomic mass is 9.88. The summed E-state index contributed by atoms with van der Waals surface area (Å²) < 4.78 is 25.4. The molecular formula is C35H31FN4O2. The molecule has 7 rings (SSSR count). The van der Waals surface area contributed by atoms with Gasteiger partial charge in [0.05, 0.1) is 12.4 Å². The summed E-state index contributed by atoms with van der Waals surface area (Å²) >= 11 is 0. The van der Waals surface area contributed by atoms with Gasteiger partial charge in [-0.25, -0.2) is 9.37 Å². The van der Waals surface area contributed by atoms with Gasteiger partial charge in [-0.2, -0.15) is 0 Å². The summed E-state index contributed by atoms with van der Waals surface area (Å²) in [5, 5.41) is 11.9. The third-order valence-corrected chi connectivity index (χ3v) is 8.41. The molecule has 6 aromatic rings. The van der Waals surface area contributed by atoms with Crippen LogP contribution in [0.3, 0.4) is 0 Å². The van der Waals surface area contributed by atoms with Crippen LogP contribution < -0.4 is 5.56 Å². The molecule has 0 bridgehead atoms. The zero-order chi connectivity index (χ0) is 29.7. The number of imidazole rings is 1. The van der Waals surface area contributed by atoms with Gasteiger partial charge in [-0.05, 0) is 110 Å². The van der Waals surface area contributed by atoms with Crippen molar-refractivity contribution in [2.45, 2.75) is 24.8 Å². The summed E-state index contributed by atoms with van der Waals surface area (Å²) in [6, 6.07) is 24.6. The Morgan fingerprint density at radius 3 is 2.52 bits per heavy atom. The second-order valence-corrected chi connectivity index (χ2v) is 11.1. The molecule has 0 amide bonds. The SMILES string of the molecule is [2H][C@](c1nc2ccccc2[nH]1)(c1cc(F)ccc1O)n1ccc2cc(-c3ccc(C4CCN(C)CC4)cc3)ccc2c1=O. The highest BCUT2D eigenvalue weighted by atomic mass is 19.1. The molecule has 0 spiro atoms. The number of likely N-dealkylation sites (tertiary alicyclic amines) is 1. The molecule has 1 saturated heterocycles. The van der Waals surface area contributed by atoms with Gasteiger partial charge in [0.15, 0.2) is 0 Å². The Balaban J connectivity index is 1.31. The maximum atomic E-state index is 14.5. The third kappa shape index (κ3) is 4.76. The molecule has 0 saturated carbocycles. The lowest BCUT2D eigenvalue weighted by Gasteiger charge is -2.29. The van der Waals surface area contributed by atoms with Crippen molar-refractivity contribution in [2.75, 3.05) is 20.1 Å². The van der Waals surface area contributed by atoms with Crippen molar-refractivity contribution in [3.8, 4) is 16.9 Å². The zero-order valence-corrected chi connectivity index (χ0v) is 23.2. The van der Waals surface area contributed by atoms with Crippen molar-refractivity contribution in [1.29, 1.82) is 0 Å². The van der Waals surface area contributed by atoms with Gasteiger partial charge in [-0.1, -0.05) is 42.5 Å². The van der Waals surface area contributed by atoms with Gasteiger partial charge < -0.3 is 19.6 Å². The first-order chi connectivity index (χ1) is 20.8. The molecule has 2 aromatic heterocycles. The van der Waals surface area contributed by atoms with E-state index in [0.29, 0.717) is 27.7 Å². The Bertz CT molecular complexity index is 2000.